The Hall–Kier alpha value is 0.267. The monoisotopic (exact) mass is 373 g/mol. The van der Waals surface area contributed by atoms with E-state index in [2.05, 4.69) is 6.92 Å². The van der Waals surface area contributed by atoms with Gasteiger partial charge in [-0.3, -0.25) is 0 Å². The zero-order valence-electron chi connectivity index (χ0n) is 15.2. The number of nitrogens with zero attached hydrogens (tertiary/aromatic N) is 1. The minimum absolute atomic E-state index is 0. The van der Waals surface area contributed by atoms with Gasteiger partial charge in [0.15, 0.2) is 0 Å². The molecule has 23 heavy (non-hydrogen) atoms. The van der Waals surface area contributed by atoms with Gasteiger partial charge in [-0.05, 0) is 32.6 Å². The van der Waals surface area contributed by atoms with Crippen LogP contribution in [0.25, 0.3) is 0 Å². The van der Waals surface area contributed by atoms with Crippen molar-refractivity contribution in [1.29, 1.82) is 0 Å². The van der Waals surface area contributed by atoms with E-state index in [0.717, 1.165) is 62.4 Å². The number of rotatable bonds is 15. The van der Waals surface area contributed by atoms with E-state index >= 15 is 0 Å². The average Bonchev–Trinajstić information content (AvgIpc) is 2.56. The maximum absolute atomic E-state index is 9.03. The number of aliphatic hydroxyl groups excluding tert-OH is 2. The molecular weight excluding hydrogens is 338 g/mol. The minimum atomic E-state index is -2.55. The Morgan fingerprint density at radius 2 is 1.22 bits per heavy atom. The van der Waals surface area contributed by atoms with Gasteiger partial charge in [-0.1, -0.05) is 0 Å². The van der Waals surface area contributed by atoms with Crippen molar-refractivity contribution in [1.82, 2.24) is 0 Å². The second kappa shape index (κ2) is 14.6. The molecule has 0 unspecified atom stereocenters. The van der Waals surface area contributed by atoms with Crippen molar-refractivity contribution in [3.8, 4) is 0 Å². The van der Waals surface area contributed by atoms with Crippen molar-refractivity contribution >= 4 is 8.80 Å². The zero-order valence-corrected chi connectivity index (χ0v) is 17.0. The molecule has 0 radical (unpaired) electrons. The molecule has 0 rings (SSSR count). The van der Waals surface area contributed by atoms with Crippen molar-refractivity contribution in [2.45, 2.75) is 38.7 Å². The van der Waals surface area contributed by atoms with Gasteiger partial charge in [0.25, 0.3) is 0 Å². The standard InChI is InChI=1S/C15H36NO5Si.ClH/c1-5-16(10-6-8-13-17,11-7-9-14-18)12-15-22(19-2,20-3)21-4;/h17-18H,5-15H2,1-4H3;1H/q+1;/p-1. The van der Waals surface area contributed by atoms with E-state index in [9.17, 15) is 0 Å². The Morgan fingerprint density at radius 1 is 0.783 bits per heavy atom. The Kier molecular flexibility index (Phi) is 16.2. The van der Waals surface area contributed by atoms with Gasteiger partial charge < -0.3 is 40.4 Å². The van der Waals surface area contributed by atoms with Crippen molar-refractivity contribution in [3.05, 3.63) is 0 Å². The lowest BCUT2D eigenvalue weighted by molar-refractivity contribution is -0.925. The maximum atomic E-state index is 9.03. The average molecular weight is 374 g/mol. The van der Waals surface area contributed by atoms with Crippen LogP contribution in [0.1, 0.15) is 32.6 Å². The summed E-state index contributed by atoms with van der Waals surface area (Å²) in [4.78, 5) is 0. The molecule has 0 spiro atoms. The molecule has 142 valence electrons. The fourth-order valence-electron chi connectivity index (χ4n) is 2.86. The molecule has 0 heterocycles. The van der Waals surface area contributed by atoms with Crippen LogP contribution < -0.4 is 12.4 Å². The molecule has 0 atom stereocenters. The van der Waals surface area contributed by atoms with Gasteiger partial charge in [-0.25, -0.2) is 0 Å². The van der Waals surface area contributed by atoms with Crippen LogP contribution in [0.15, 0.2) is 0 Å². The molecule has 0 saturated heterocycles. The molecule has 2 N–H and O–H groups in total. The van der Waals surface area contributed by atoms with Gasteiger partial charge in [-0.15, -0.1) is 0 Å². The van der Waals surface area contributed by atoms with Gasteiger partial charge in [-0.2, -0.15) is 0 Å². The first-order valence-corrected chi connectivity index (χ1v) is 10.2. The minimum Gasteiger partial charge on any atom is -1.00 e. The van der Waals surface area contributed by atoms with Crippen LogP contribution in [0.4, 0.5) is 0 Å². The third-order valence-electron chi connectivity index (χ3n) is 4.58. The number of hydrogen-bond donors (Lipinski definition) is 2. The highest BCUT2D eigenvalue weighted by atomic mass is 35.5. The van der Waals surface area contributed by atoms with E-state index in [1.807, 2.05) is 0 Å². The summed E-state index contributed by atoms with van der Waals surface area (Å²) in [5.74, 6) is 0. The van der Waals surface area contributed by atoms with Gasteiger partial charge in [0.1, 0.15) is 0 Å². The molecule has 0 aromatic heterocycles. The molecule has 0 amide bonds. The van der Waals surface area contributed by atoms with E-state index in [0.29, 0.717) is 0 Å². The van der Waals surface area contributed by atoms with Gasteiger partial charge in [0.2, 0.25) is 0 Å². The smallest absolute Gasteiger partial charge is 0.505 e. The first kappa shape index (κ1) is 25.5. The Balaban J connectivity index is 0. The topological polar surface area (TPSA) is 68.2 Å². The van der Waals surface area contributed by atoms with Gasteiger partial charge in [0, 0.05) is 34.5 Å². The van der Waals surface area contributed by atoms with Crippen molar-refractivity contribution in [2.24, 2.45) is 0 Å². The fraction of sp³-hybridized carbons (Fsp3) is 1.00. The number of aliphatic hydroxyl groups is 2. The van der Waals surface area contributed by atoms with E-state index in [-0.39, 0.29) is 25.6 Å². The maximum Gasteiger partial charge on any atom is 0.505 e. The summed E-state index contributed by atoms with van der Waals surface area (Å²) in [5.41, 5.74) is 0. The Labute approximate surface area is 149 Å². The van der Waals surface area contributed by atoms with Crippen molar-refractivity contribution in [2.75, 3.05) is 60.7 Å². The number of unbranched alkanes of at least 4 members (excludes halogenated alkanes) is 2. The molecule has 0 aliphatic rings. The first-order valence-electron chi connectivity index (χ1n) is 8.30. The lowest BCUT2D eigenvalue weighted by atomic mass is 10.2. The molecule has 6 nitrogen and oxygen atoms in total. The molecule has 0 fully saturated rings. The van der Waals surface area contributed by atoms with E-state index in [4.69, 9.17) is 23.5 Å². The van der Waals surface area contributed by atoms with Gasteiger partial charge >= 0.3 is 8.80 Å². The molecule has 0 bridgehead atoms. The summed E-state index contributed by atoms with van der Waals surface area (Å²) >= 11 is 0. The number of hydrogen-bond acceptors (Lipinski definition) is 5. The lowest BCUT2D eigenvalue weighted by Crippen LogP contribution is -3.00. The van der Waals surface area contributed by atoms with E-state index in [1.54, 1.807) is 21.3 Å². The SMILES string of the molecule is CC[N+](CCCCO)(CCCCO)CC[Si](OC)(OC)OC.[Cl-]. The number of halogens is 1. The Bertz CT molecular complexity index is 252. The van der Waals surface area contributed by atoms with Crippen LogP contribution in [-0.2, 0) is 13.3 Å². The molecule has 0 aromatic carbocycles. The predicted molar refractivity (Wildman–Crippen MR) is 89.6 cm³/mol. The van der Waals surface area contributed by atoms with Crippen LogP contribution in [-0.4, -0.2) is 84.2 Å². The van der Waals surface area contributed by atoms with Gasteiger partial charge in [0.05, 0.1) is 32.2 Å². The second-order valence-electron chi connectivity index (χ2n) is 5.74. The summed E-state index contributed by atoms with van der Waals surface area (Å²) < 4.78 is 17.6. The van der Waals surface area contributed by atoms with Crippen molar-refractivity contribution in [3.63, 3.8) is 0 Å². The largest absolute Gasteiger partial charge is 1.00 e. The second-order valence-corrected chi connectivity index (χ2v) is 8.83. The molecular formula is C15H36ClNO5Si. The normalized spacial score (nSPS) is 12.3. The first-order chi connectivity index (χ1) is 10.6. The number of quaternary nitrogens is 1. The zero-order chi connectivity index (χ0) is 16.9. The third-order valence-corrected chi connectivity index (χ3v) is 7.28. The van der Waals surface area contributed by atoms with Crippen LogP contribution in [0.3, 0.4) is 0 Å². The molecule has 0 saturated carbocycles. The molecule has 0 aromatic rings. The molecule has 0 aliphatic carbocycles. The summed E-state index contributed by atoms with van der Waals surface area (Å²) in [5, 5.41) is 18.1. The highest BCUT2D eigenvalue weighted by Crippen LogP contribution is 2.20. The fourth-order valence-corrected chi connectivity index (χ4v) is 4.72. The summed E-state index contributed by atoms with van der Waals surface area (Å²) in [7, 11) is 2.40. The molecule has 0 aliphatic heterocycles. The summed E-state index contributed by atoms with van der Waals surface area (Å²) in [6.45, 7) is 6.72. The highest BCUT2D eigenvalue weighted by Gasteiger charge is 2.41. The van der Waals surface area contributed by atoms with Crippen LogP contribution >= 0.6 is 0 Å². The van der Waals surface area contributed by atoms with Crippen LogP contribution in [0.2, 0.25) is 6.04 Å². The summed E-state index contributed by atoms with van der Waals surface area (Å²) in [6, 6.07) is 0.780. The summed E-state index contributed by atoms with van der Waals surface area (Å²) in [6.07, 6.45) is 3.68. The van der Waals surface area contributed by atoms with Crippen LogP contribution in [0.5, 0.6) is 0 Å². The van der Waals surface area contributed by atoms with Crippen molar-refractivity contribution < 1.29 is 40.4 Å². The predicted octanol–water partition coefficient (Wildman–Crippen LogP) is -1.75. The van der Waals surface area contributed by atoms with E-state index in [1.165, 1.54) is 0 Å². The van der Waals surface area contributed by atoms with Crippen LogP contribution in [0, 0.1) is 0 Å². The Morgan fingerprint density at radius 3 is 1.52 bits per heavy atom. The highest BCUT2D eigenvalue weighted by molar-refractivity contribution is 6.60. The quantitative estimate of drug-likeness (QED) is 0.202. The lowest BCUT2D eigenvalue weighted by Gasteiger charge is -2.39. The molecule has 8 heteroatoms. The third kappa shape index (κ3) is 9.36. The van der Waals surface area contributed by atoms with E-state index < -0.39 is 8.80 Å².